The highest BCUT2D eigenvalue weighted by atomic mass is 35.5. The number of amides is 1. The number of nitrogens with zero attached hydrogens (tertiary/aromatic N) is 1. The number of rotatable bonds is 6. The lowest BCUT2D eigenvalue weighted by Crippen LogP contribution is -2.40. The molecule has 1 amide bonds. The number of hydrogen-bond acceptors (Lipinski definition) is 4. The molecule has 26 heavy (non-hydrogen) atoms. The first-order valence-electron chi connectivity index (χ1n) is 8.54. The molecule has 0 radical (unpaired) electrons. The Balaban J connectivity index is 0.00000169. The maximum Gasteiger partial charge on any atom is 0.241 e. The van der Waals surface area contributed by atoms with Crippen molar-refractivity contribution in [1.29, 1.82) is 0 Å². The van der Waals surface area contributed by atoms with Gasteiger partial charge in [0.2, 0.25) is 5.91 Å². The first-order chi connectivity index (χ1) is 11.6. The van der Waals surface area contributed by atoms with Crippen LogP contribution in [0.2, 0.25) is 0 Å². The highest BCUT2D eigenvalue weighted by molar-refractivity contribution is 5.85. The van der Waals surface area contributed by atoms with Gasteiger partial charge in [0.25, 0.3) is 0 Å². The monoisotopic (exact) mass is 399 g/mol. The summed E-state index contributed by atoms with van der Waals surface area (Å²) in [6.45, 7) is 4.51. The molecular formula is C19H27Cl2N3O2. The van der Waals surface area contributed by atoms with Gasteiger partial charge >= 0.3 is 0 Å². The van der Waals surface area contributed by atoms with Gasteiger partial charge in [-0.3, -0.25) is 9.69 Å². The van der Waals surface area contributed by atoms with Crippen molar-refractivity contribution in [3.63, 3.8) is 0 Å². The van der Waals surface area contributed by atoms with E-state index in [2.05, 4.69) is 10.2 Å². The maximum atomic E-state index is 12.4. The van der Waals surface area contributed by atoms with Crippen LogP contribution < -0.4 is 11.1 Å². The van der Waals surface area contributed by atoms with Crippen molar-refractivity contribution in [3.05, 3.63) is 59.5 Å². The second kappa shape index (κ2) is 10.6. The standard InChI is InChI=1S/C19H25N3O2.2ClH/c1-14-9-10-17(24-14)16(22-11-5-6-12-22)13-21-19(23)18(20)15-7-3-2-4-8-15;;/h2-4,7-10,16,18H,5-6,11-13,20H2,1H3,(H,21,23);2*1H. The van der Waals surface area contributed by atoms with Gasteiger partial charge in [0.1, 0.15) is 17.6 Å². The van der Waals surface area contributed by atoms with Gasteiger partial charge in [-0.1, -0.05) is 30.3 Å². The summed E-state index contributed by atoms with van der Waals surface area (Å²) in [6.07, 6.45) is 2.38. The molecule has 0 bridgehead atoms. The Morgan fingerprint density at radius 1 is 1.15 bits per heavy atom. The zero-order chi connectivity index (χ0) is 16.9. The van der Waals surface area contributed by atoms with Crippen molar-refractivity contribution in [2.75, 3.05) is 19.6 Å². The number of halogens is 2. The van der Waals surface area contributed by atoms with Crippen LogP contribution in [-0.4, -0.2) is 30.4 Å². The Morgan fingerprint density at radius 3 is 2.38 bits per heavy atom. The Labute approximate surface area is 167 Å². The Hall–Kier alpha value is -1.53. The minimum Gasteiger partial charge on any atom is -0.465 e. The summed E-state index contributed by atoms with van der Waals surface area (Å²) in [7, 11) is 0. The summed E-state index contributed by atoms with van der Waals surface area (Å²) in [5.74, 6) is 1.64. The SMILES string of the molecule is Cc1ccc(C(CNC(=O)C(N)c2ccccc2)N2CCCC2)o1.Cl.Cl. The lowest BCUT2D eigenvalue weighted by Gasteiger charge is -2.26. The summed E-state index contributed by atoms with van der Waals surface area (Å²) in [6, 6.07) is 12.8. The second-order valence-corrected chi connectivity index (χ2v) is 6.34. The van der Waals surface area contributed by atoms with Gasteiger partial charge in [-0.05, 0) is 50.6 Å². The van der Waals surface area contributed by atoms with Crippen LogP contribution in [0.1, 0.15) is 42.0 Å². The molecule has 2 aromatic rings. The van der Waals surface area contributed by atoms with Crippen molar-refractivity contribution in [1.82, 2.24) is 10.2 Å². The normalized spacial score (nSPS) is 16.2. The first-order valence-corrected chi connectivity index (χ1v) is 8.54. The van der Waals surface area contributed by atoms with Gasteiger partial charge in [0, 0.05) is 6.54 Å². The molecule has 2 unspecified atom stereocenters. The van der Waals surface area contributed by atoms with Gasteiger partial charge in [-0.15, -0.1) is 24.8 Å². The molecule has 5 nitrogen and oxygen atoms in total. The van der Waals surface area contributed by atoms with Crippen molar-refractivity contribution in [2.24, 2.45) is 5.73 Å². The molecule has 3 N–H and O–H groups in total. The molecular weight excluding hydrogens is 373 g/mol. The summed E-state index contributed by atoms with van der Waals surface area (Å²) < 4.78 is 5.81. The van der Waals surface area contributed by atoms with Crippen molar-refractivity contribution in [3.8, 4) is 0 Å². The lowest BCUT2D eigenvalue weighted by molar-refractivity contribution is -0.122. The summed E-state index contributed by atoms with van der Waals surface area (Å²) in [5.41, 5.74) is 6.89. The third kappa shape index (κ3) is 5.48. The van der Waals surface area contributed by atoms with Crippen LogP contribution in [0.15, 0.2) is 46.9 Å². The lowest BCUT2D eigenvalue weighted by atomic mass is 10.1. The molecule has 144 valence electrons. The van der Waals surface area contributed by atoms with E-state index in [0.717, 1.165) is 30.2 Å². The van der Waals surface area contributed by atoms with Crippen LogP contribution in [0.25, 0.3) is 0 Å². The fourth-order valence-corrected chi connectivity index (χ4v) is 3.21. The molecule has 1 aromatic carbocycles. The number of furan rings is 1. The van der Waals surface area contributed by atoms with Crippen LogP contribution in [0, 0.1) is 6.92 Å². The highest BCUT2D eigenvalue weighted by Crippen LogP contribution is 2.26. The van der Waals surface area contributed by atoms with Gasteiger partial charge in [-0.2, -0.15) is 0 Å². The molecule has 3 rings (SSSR count). The van der Waals surface area contributed by atoms with E-state index in [1.165, 1.54) is 12.8 Å². The Kier molecular flexibility index (Phi) is 9.16. The van der Waals surface area contributed by atoms with Gasteiger partial charge in [-0.25, -0.2) is 0 Å². The van der Waals surface area contributed by atoms with Gasteiger partial charge < -0.3 is 15.5 Å². The summed E-state index contributed by atoms with van der Waals surface area (Å²) >= 11 is 0. The second-order valence-electron chi connectivity index (χ2n) is 6.34. The van der Waals surface area contributed by atoms with E-state index < -0.39 is 6.04 Å². The van der Waals surface area contributed by atoms with Crippen LogP contribution in [0.4, 0.5) is 0 Å². The topological polar surface area (TPSA) is 71.5 Å². The largest absolute Gasteiger partial charge is 0.465 e. The number of carbonyl (C=O) groups excluding carboxylic acids is 1. The van der Waals surface area contributed by atoms with Crippen LogP contribution in [0.3, 0.4) is 0 Å². The van der Waals surface area contributed by atoms with E-state index in [0.29, 0.717) is 6.54 Å². The average Bonchev–Trinajstić information content (AvgIpc) is 3.27. The average molecular weight is 400 g/mol. The van der Waals surface area contributed by atoms with Crippen LogP contribution >= 0.6 is 24.8 Å². The predicted octanol–water partition coefficient (Wildman–Crippen LogP) is 3.38. The number of likely N-dealkylation sites (tertiary alicyclic amines) is 1. The molecule has 1 aliphatic heterocycles. The minimum absolute atomic E-state index is 0. The molecule has 2 atom stereocenters. The van der Waals surface area contributed by atoms with Crippen molar-refractivity contribution < 1.29 is 9.21 Å². The van der Waals surface area contributed by atoms with E-state index in [9.17, 15) is 4.79 Å². The summed E-state index contributed by atoms with van der Waals surface area (Å²) in [4.78, 5) is 14.8. The molecule has 1 saturated heterocycles. The molecule has 0 aliphatic carbocycles. The number of benzene rings is 1. The van der Waals surface area contributed by atoms with E-state index in [-0.39, 0.29) is 36.8 Å². The Morgan fingerprint density at radius 2 is 1.81 bits per heavy atom. The first kappa shape index (κ1) is 22.5. The van der Waals surface area contributed by atoms with E-state index in [4.69, 9.17) is 10.2 Å². The molecule has 0 spiro atoms. The number of hydrogen-bond donors (Lipinski definition) is 2. The van der Waals surface area contributed by atoms with Crippen LogP contribution in [-0.2, 0) is 4.79 Å². The number of nitrogens with one attached hydrogen (secondary N) is 1. The number of carbonyl (C=O) groups is 1. The van der Waals surface area contributed by atoms with E-state index in [1.54, 1.807) is 0 Å². The zero-order valence-electron chi connectivity index (χ0n) is 14.9. The van der Waals surface area contributed by atoms with E-state index in [1.807, 2.05) is 49.4 Å². The van der Waals surface area contributed by atoms with Gasteiger partial charge in [0.15, 0.2) is 0 Å². The minimum atomic E-state index is -0.649. The van der Waals surface area contributed by atoms with E-state index >= 15 is 0 Å². The van der Waals surface area contributed by atoms with Gasteiger partial charge in [0.05, 0.1) is 6.04 Å². The molecule has 1 aliphatic rings. The number of nitrogens with two attached hydrogens (primary N) is 1. The molecule has 1 aromatic heterocycles. The molecule has 7 heteroatoms. The highest BCUT2D eigenvalue weighted by Gasteiger charge is 2.27. The molecule has 2 heterocycles. The predicted molar refractivity (Wildman–Crippen MR) is 108 cm³/mol. The smallest absolute Gasteiger partial charge is 0.241 e. The number of aryl methyl sites for hydroxylation is 1. The quantitative estimate of drug-likeness (QED) is 0.780. The molecule has 1 fully saturated rings. The maximum absolute atomic E-state index is 12.4. The fourth-order valence-electron chi connectivity index (χ4n) is 3.21. The van der Waals surface area contributed by atoms with Crippen molar-refractivity contribution in [2.45, 2.75) is 31.8 Å². The third-order valence-electron chi connectivity index (χ3n) is 4.58. The molecule has 0 saturated carbocycles. The third-order valence-corrected chi connectivity index (χ3v) is 4.58. The Bertz CT molecular complexity index is 672. The fraction of sp³-hybridized carbons (Fsp3) is 0.421. The summed E-state index contributed by atoms with van der Waals surface area (Å²) in [5, 5.41) is 3.00. The van der Waals surface area contributed by atoms with Crippen LogP contribution in [0.5, 0.6) is 0 Å². The van der Waals surface area contributed by atoms with Crippen molar-refractivity contribution >= 4 is 30.7 Å². The zero-order valence-corrected chi connectivity index (χ0v) is 16.5.